The van der Waals surface area contributed by atoms with Gasteiger partial charge in [0.25, 0.3) is 0 Å². The summed E-state index contributed by atoms with van der Waals surface area (Å²) in [6.45, 7) is 12.5. The fourth-order valence-corrected chi connectivity index (χ4v) is 6.78. The quantitative estimate of drug-likeness (QED) is 0.0405. The number of likely N-dealkylation sites (N-methyl/N-ethyl adjacent to an activating group) is 2. The molecule has 0 aromatic carbocycles. The molecule has 0 saturated carbocycles. The van der Waals surface area contributed by atoms with Crippen molar-refractivity contribution in [3.8, 4) is 0 Å². The second kappa shape index (κ2) is 25.6. The van der Waals surface area contributed by atoms with Crippen LogP contribution in [0.5, 0.6) is 0 Å². The molecule has 0 aromatic heterocycles. The van der Waals surface area contributed by atoms with Gasteiger partial charge < -0.3 is 58.8 Å². The summed E-state index contributed by atoms with van der Waals surface area (Å²) in [7, 11) is 4.41. The van der Waals surface area contributed by atoms with Crippen LogP contribution in [0.2, 0.25) is 0 Å². The summed E-state index contributed by atoms with van der Waals surface area (Å²) in [5, 5.41) is 77.7. The van der Waals surface area contributed by atoms with Gasteiger partial charge in [0.1, 0.15) is 39.3 Å². The molecular formula is C32H74N4O8+4. The molecule has 12 heteroatoms. The topological polar surface area (TPSA) is 162 Å². The molecule has 0 aromatic rings. The largest absolute Gasteiger partial charge is 0.396 e. The van der Waals surface area contributed by atoms with Gasteiger partial charge in [0.15, 0.2) is 0 Å². The van der Waals surface area contributed by atoms with Gasteiger partial charge in [-0.15, -0.1) is 0 Å². The molecule has 0 aliphatic rings. The van der Waals surface area contributed by atoms with Crippen LogP contribution in [0.3, 0.4) is 0 Å². The lowest BCUT2D eigenvalue weighted by Gasteiger charge is -2.47. The second-order valence-corrected chi connectivity index (χ2v) is 13.7. The first kappa shape index (κ1) is 43.5. The Labute approximate surface area is 268 Å². The van der Waals surface area contributed by atoms with Crippen molar-refractivity contribution in [2.24, 2.45) is 0 Å². The van der Waals surface area contributed by atoms with Gasteiger partial charge >= 0.3 is 0 Å². The van der Waals surface area contributed by atoms with Crippen LogP contribution >= 0.6 is 0 Å². The number of quaternary nitrogens is 4. The highest BCUT2D eigenvalue weighted by Crippen LogP contribution is 2.20. The van der Waals surface area contributed by atoms with E-state index in [9.17, 15) is 40.9 Å². The van der Waals surface area contributed by atoms with E-state index >= 15 is 0 Å². The van der Waals surface area contributed by atoms with Crippen LogP contribution in [0.4, 0.5) is 0 Å². The molecule has 0 amide bonds. The number of aliphatic hydroxyl groups is 8. The van der Waals surface area contributed by atoms with Gasteiger partial charge in [-0.3, -0.25) is 0 Å². The van der Waals surface area contributed by atoms with Crippen molar-refractivity contribution in [2.75, 3.05) is 159 Å². The Morgan fingerprint density at radius 2 is 0.432 bits per heavy atom. The number of rotatable bonds is 33. The molecule has 0 radical (unpaired) electrons. The normalized spacial score (nSPS) is 13.2. The van der Waals surface area contributed by atoms with Crippen molar-refractivity contribution < 1.29 is 58.8 Å². The minimum atomic E-state index is 0.0971. The standard InChI is InChI=1S/C32H74N4O8/c1-33(11-3-25-37,12-4-26-38)19-21-36(18-10-32-44,22-20-34(2,13-5-27-39)14-6-28-40)24-23-35(15-7-29-41,16-8-30-42)17-9-31-43/h37-44H,3-32H2,1-2H3/q+4. The highest BCUT2D eigenvalue weighted by molar-refractivity contribution is 4.56. The van der Waals surface area contributed by atoms with Crippen molar-refractivity contribution >= 4 is 0 Å². The Morgan fingerprint density at radius 3 is 0.659 bits per heavy atom. The summed E-state index contributed by atoms with van der Waals surface area (Å²) in [6.07, 6.45) is 5.40. The Hall–Kier alpha value is -0.480. The minimum Gasteiger partial charge on any atom is -0.396 e. The molecule has 44 heavy (non-hydrogen) atoms. The van der Waals surface area contributed by atoms with E-state index in [-0.39, 0.29) is 52.9 Å². The predicted molar refractivity (Wildman–Crippen MR) is 175 cm³/mol. The zero-order valence-electron chi connectivity index (χ0n) is 28.6. The van der Waals surface area contributed by atoms with Gasteiger partial charge in [0, 0.05) is 104 Å². The number of nitrogens with zero attached hydrogens (tertiary/aromatic N) is 4. The highest BCUT2D eigenvalue weighted by Gasteiger charge is 2.38. The molecule has 0 saturated heterocycles. The van der Waals surface area contributed by atoms with E-state index in [1.54, 1.807) is 0 Å². The van der Waals surface area contributed by atoms with Gasteiger partial charge in [-0.25, -0.2) is 0 Å². The average Bonchev–Trinajstić information content (AvgIpc) is 3.04. The van der Waals surface area contributed by atoms with E-state index < -0.39 is 0 Å². The van der Waals surface area contributed by atoms with Crippen LogP contribution in [0, 0.1) is 0 Å². The van der Waals surface area contributed by atoms with Crippen molar-refractivity contribution in [1.82, 2.24) is 0 Å². The first-order valence-electron chi connectivity index (χ1n) is 17.4. The van der Waals surface area contributed by atoms with E-state index in [0.29, 0.717) is 51.4 Å². The maximum atomic E-state index is 10.0. The van der Waals surface area contributed by atoms with Crippen molar-refractivity contribution in [1.29, 1.82) is 0 Å². The monoisotopic (exact) mass is 643 g/mol. The molecule has 0 spiro atoms. The van der Waals surface area contributed by atoms with E-state index in [0.717, 1.165) is 110 Å². The van der Waals surface area contributed by atoms with Crippen LogP contribution in [0.1, 0.15) is 51.4 Å². The maximum Gasteiger partial charge on any atom is 0.129 e. The van der Waals surface area contributed by atoms with E-state index in [4.69, 9.17) is 0 Å². The first-order valence-corrected chi connectivity index (χ1v) is 17.4. The lowest BCUT2D eigenvalue weighted by Crippen LogP contribution is -2.64. The Bertz CT molecular complexity index is 594. The van der Waals surface area contributed by atoms with Crippen molar-refractivity contribution in [2.45, 2.75) is 51.4 Å². The summed E-state index contributed by atoms with van der Waals surface area (Å²) in [5.74, 6) is 0. The van der Waals surface area contributed by atoms with Crippen LogP contribution in [0.15, 0.2) is 0 Å². The third-order valence-electron chi connectivity index (χ3n) is 9.86. The molecule has 0 fully saturated rings. The summed E-state index contributed by atoms with van der Waals surface area (Å²) in [5.41, 5.74) is 0. The molecule has 266 valence electrons. The van der Waals surface area contributed by atoms with Gasteiger partial charge in [-0.1, -0.05) is 0 Å². The van der Waals surface area contributed by atoms with Gasteiger partial charge in [0.05, 0.1) is 66.5 Å². The maximum absolute atomic E-state index is 10.0. The number of aliphatic hydroxyl groups excluding tert-OH is 8. The van der Waals surface area contributed by atoms with E-state index in [1.807, 2.05) is 0 Å². The lowest BCUT2D eigenvalue weighted by molar-refractivity contribution is -1.01. The van der Waals surface area contributed by atoms with Gasteiger partial charge in [-0.2, -0.15) is 0 Å². The molecule has 12 nitrogen and oxygen atoms in total. The van der Waals surface area contributed by atoms with E-state index in [2.05, 4.69) is 14.1 Å². The van der Waals surface area contributed by atoms with Crippen LogP contribution in [-0.4, -0.2) is 217 Å². The molecule has 0 aliphatic heterocycles. The van der Waals surface area contributed by atoms with Crippen LogP contribution in [-0.2, 0) is 0 Å². The smallest absolute Gasteiger partial charge is 0.129 e. The molecule has 0 unspecified atom stereocenters. The van der Waals surface area contributed by atoms with Crippen molar-refractivity contribution in [3.05, 3.63) is 0 Å². The molecule has 8 N–H and O–H groups in total. The highest BCUT2D eigenvalue weighted by atomic mass is 16.3. The Morgan fingerprint density at radius 1 is 0.250 bits per heavy atom. The third kappa shape index (κ3) is 18.6. The average molecular weight is 643 g/mol. The molecule has 0 atom stereocenters. The van der Waals surface area contributed by atoms with Gasteiger partial charge in [0.2, 0.25) is 0 Å². The fourth-order valence-electron chi connectivity index (χ4n) is 6.78. The Balaban J connectivity index is 6.56. The third-order valence-corrected chi connectivity index (χ3v) is 9.86. The fraction of sp³-hybridized carbons (Fsp3) is 1.00. The molecule has 0 bridgehead atoms. The lowest BCUT2D eigenvalue weighted by atomic mass is 10.1. The molecule has 0 heterocycles. The number of hydrogen-bond acceptors (Lipinski definition) is 8. The summed E-state index contributed by atoms with van der Waals surface area (Å²) >= 11 is 0. The summed E-state index contributed by atoms with van der Waals surface area (Å²) < 4.78 is 3.01. The zero-order valence-corrected chi connectivity index (χ0v) is 28.6. The molecule has 0 aliphatic carbocycles. The predicted octanol–water partition coefficient (Wildman–Crippen LogP) is -1.43. The summed E-state index contributed by atoms with van der Waals surface area (Å²) in [6, 6.07) is 0. The Kier molecular flexibility index (Phi) is 25.3. The van der Waals surface area contributed by atoms with Crippen LogP contribution < -0.4 is 0 Å². The first-order chi connectivity index (χ1) is 21.1. The van der Waals surface area contributed by atoms with E-state index in [1.165, 1.54) is 0 Å². The molecule has 0 rings (SSSR count). The molecular weight excluding hydrogens is 568 g/mol. The second-order valence-electron chi connectivity index (χ2n) is 13.7. The minimum absolute atomic E-state index is 0.0971. The SMILES string of the molecule is C[N+](CCCO)(CCCO)CC[N+](CCCO)(CC[N+](C)(CCCO)CCCO)CC[N+](CCCO)(CCCO)CCCO. The van der Waals surface area contributed by atoms with Crippen molar-refractivity contribution in [3.63, 3.8) is 0 Å². The number of hydrogen-bond donors (Lipinski definition) is 8. The summed E-state index contributed by atoms with van der Waals surface area (Å²) in [4.78, 5) is 0. The van der Waals surface area contributed by atoms with Gasteiger partial charge in [-0.05, 0) is 0 Å². The zero-order chi connectivity index (χ0) is 33.2. The van der Waals surface area contributed by atoms with Crippen LogP contribution in [0.25, 0.3) is 0 Å².